The third kappa shape index (κ3) is 5.53. The maximum absolute atomic E-state index is 12.3. The van der Waals surface area contributed by atoms with Gasteiger partial charge in [-0.2, -0.15) is 8.78 Å². The molecule has 0 aliphatic carbocycles. The number of carbonyl (C=O) groups excluding carboxylic acids is 1. The zero-order valence-corrected chi connectivity index (χ0v) is 16.4. The molecule has 0 aliphatic heterocycles. The van der Waals surface area contributed by atoms with Gasteiger partial charge in [0.2, 0.25) is 0 Å². The molecule has 0 radical (unpaired) electrons. The molecular weight excluding hydrogens is 420 g/mol. The SMILES string of the molecule is O=C(Nc1ccc(Nc2cc(-n3ccnc3)ncn2)cc1)Nc1cccc(OC(F)F)c1. The predicted octanol–water partition coefficient (Wildman–Crippen LogP) is 4.65. The fourth-order valence-electron chi connectivity index (χ4n) is 2.78. The van der Waals surface area contributed by atoms with Gasteiger partial charge in [0.15, 0.2) is 0 Å². The molecule has 3 N–H and O–H groups in total. The maximum atomic E-state index is 12.3. The van der Waals surface area contributed by atoms with E-state index in [1.165, 1.54) is 24.5 Å². The summed E-state index contributed by atoms with van der Waals surface area (Å²) in [6.07, 6.45) is 6.52. The zero-order chi connectivity index (χ0) is 22.3. The van der Waals surface area contributed by atoms with Gasteiger partial charge in [-0.05, 0) is 36.4 Å². The lowest BCUT2D eigenvalue weighted by Crippen LogP contribution is -2.19. The largest absolute Gasteiger partial charge is 0.435 e. The van der Waals surface area contributed by atoms with Crippen molar-refractivity contribution in [3.05, 3.63) is 79.6 Å². The van der Waals surface area contributed by atoms with Crippen molar-refractivity contribution in [2.75, 3.05) is 16.0 Å². The highest BCUT2D eigenvalue weighted by Gasteiger charge is 2.07. The molecule has 2 aromatic carbocycles. The summed E-state index contributed by atoms with van der Waals surface area (Å²) in [5, 5.41) is 8.39. The number of amides is 2. The van der Waals surface area contributed by atoms with Crippen molar-refractivity contribution < 1.29 is 18.3 Å². The Kier molecular flexibility index (Phi) is 6.16. The number of ether oxygens (including phenoxy) is 1. The molecular formula is C21H17F2N7O2. The summed E-state index contributed by atoms with van der Waals surface area (Å²) in [5.74, 6) is 1.21. The first-order valence-electron chi connectivity index (χ1n) is 9.35. The van der Waals surface area contributed by atoms with Crippen LogP contribution in [0.1, 0.15) is 0 Å². The molecule has 162 valence electrons. The highest BCUT2D eigenvalue weighted by atomic mass is 19.3. The van der Waals surface area contributed by atoms with E-state index in [2.05, 4.69) is 35.6 Å². The first-order chi connectivity index (χ1) is 15.5. The van der Waals surface area contributed by atoms with Gasteiger partial charge in [-0.25, -0.2) is 19.7 Å². The lowest BCUT2D eigenvalue weighted by Gasteiger charge is -2.11. The molecule has 0 fully saturated rings. The minimum Gasteiger partial charge on any atom is -0.435 e. The van der Waals surface area contributed by atoms with Crippen LogP contribution in [0.2, 0.25) is 0 Å². The molecule has 0 atom stereocenters. The number of hydrogen-bond acceptors (Lipinski definition) is 6. The van der Waals surface area contributed by atoms with E-state index >= 15 is 0 Å². The molecule has 0 unspecified atom stereocenters. The van der Waals surface area contributed by atoms with Crippen LogP contribution in [0.5, 0.6) is 5.75 Å². The molecule has 11 heteroatoms. The topological polar surface area (TPSA) is 106 Å². The number of alkyl halides is 2. The number of hydrogen-bond donors (Lipinski definition) is 3. The standard InChI is InChI=1S/C21H17F2N7O2/c22-20(23)32-17-3-1-2-16(10-17)29-21(31)28-15-6-4-14(5-7-15)27-18-11-19(26-12-25-18)30-9-8-24-13-30/h1-13,20H,(H,25,26,27)(H2,28,29,31). The van der Waals surface area contributed by atoms with Crippen LogP contribution in [0, 0.1) is 0 Å². The summed E-state index contributed by atoms with van der Waals surface area (Å²) in [7, 11) is 0. The van der Waals surface area contributed by atoms with E-state index in [4.69, 9.17) is 0 Å². The summed E-state index contributed by atoms with van der Waals surface area (Å²) in [5.41, 5.74) is 1.61. The van der Waals surface area contributed by atoms with Gasteiger partial charge in [0, 0.05) is 41.6 Å². The Morgan fingerprint density at radius 3 is 2.50 bits per heavy atom. The van der Waals surface area contributed by atoms with Gasteiger partial charge in [0.25, 0.3) is 0 Å². The third-order valence-corrected chi connectivity index (χ3v) is 4.15. The Morgan fingerprint density at radius 2 is 1.75 bits per heavy atom. The van der Waals surface area contributed by atoms with E-state index in [9.17, 15) is 13.6 Å². The number of benzene rings is 2. The number of aromatic nitrogens is 4. The van der Waals surface area contributed by atoms with Crippen molar-refractivity contribution in [1.29, 1.82) is 0 Å². The van der Waals surface area contributed by atoms with Crippen LogP contribution in [0.25, 0.3) is 5.82 Å². The van der Waals surface area contributed by atoms with Crippen molar-refractivity contribution >= 4 is 28.9 Å². The van der Waals surface area contributed by atoms with E-state index in [1.807, 2.05) is 0 Å². The van der Waals surface area contributed by atoms with E-state index in [0.717, 1.165) is 5.69 Å². The second kappa shape index (κ2) is 9.51. The quantitative estimate of drug-likeness (QED) is 0.389. The van der Waals surface area contributed by atoms with Crippen LogP contribution in [0.3, 0.4) is 0 Å². The summed E-state index contributed by atoms with van der Waals surface area (Å²) in [4.78, 5) is 24.6. The Labute approximate surface area is 181 Å². The van der Waals surface area contributed by atoms with Crippen LogP contribution in [0.15, 0.2) is 79.6 Å². The van der Waals surface area contributed by atoms with Crippen LogP contribution < -0.4 is 20.7 Å². The average Bonchev–Trinajstić information content (AvgIpc) is 3.30. The van der Waals surface area contributed by atoms with Crippen molar-refractivity contribution in [3.8, 4) is 11.6 Å². The molecule has 9 nitrogen and oxygen atoms in total. The molecule has 4 rings (SSSR count). The Balaban J connectivity index is 1.35. The number of imidazole rings is 1. The zero-order valence-electron chi connectivity index (χ0n) is 16.4. The van der Waals surface area contributed by atoms with Gasteiger partial charge >= 0.3 is 12.6 Å². The molecule has 0 spiro atoms. The van der Waals surface area contributed by atoms with Gasteiger partial charge in [-0.1, -0.05) is 6.07 Å². The first kappa shape index (κ1) is 20.7. The predicted molar refractivity (Wildman–Crippen MR) is 115 cm³/mol. The highest BCUT2D eigenvalue weighted by Crippen LogP contribution is 2.21. The van der Waals surface area contributed by atoms with E-state index < -0.39 is 12.6 Å². The summed E-state index contributed by atoms with van der Waals surface area (Å²) >= 11 is 0. The smallest absolute Gasteiger partial charge is 0.387 e. The number of nitrogens with zero attached hydrogens (tertiary/aromatic N) is 4. The Bertz CT molecular complexity index is 1180. The second-order valence-corrected chi connectivity index (χ2v) is 6.42. The van der Waals surface area contributed by atoms with Gasteiger partial charge in [-0.3, -0.25) is 4.57 Å². The summed E-state index contributed by atoms with van der Waals surface area (Å²) in [6, 6.07) is 13.9. The Morgan fingerprint density at radius 1 is 0.969 bits per heavy atom. The molecule has 4 aromatic rings. The average molecular weight is 437 g/mol. The fraction of sp³-hybridized carbons (Fsp3) is 0.0476. The van der Waals surface area contributed by atoms with Gasteiger partial charge in [0.05, 0.1) is 0 Å². The van der Waals surface area contributed by atoms with Gasteiger partial charge in [-0.15, -0.1) is 0 Å². The van der Waals surface area contributed by atoms with Gasteiger partial charge < -0.3 is 20.7 Å². The molecule has 2 aromatic heterocycles. The normalized spacial score (nSPS) is 10.6. The maximum Gasteiger partial charge on any atom is 0.387 e. The number of rotatable bonds is 7. The van der Waals surface area contributed by atoms with Crippen molar-refractivity contribution in [3.63, 3.8) is 0 Å². The van der Waals surface area contributed by atoms with Crippen LogP contribution >= 0.6 is 0 Å². The monoisotopic (exact) mass is 437 g/mol. The number of urea groups is 1. The molecule has 0 aliphatic rings. The van der Waals surface area contributed by atoms with Crippen LogP contribution in [-0.4, -0.2) is 32.2 Å². The third-order valence-electron chi connectivity index (χ3n) is 4.15. The lowest BCUT2D eigenvalue weighted by atomic mass is 10.2. The number of halogens is 2. The number of nitrogens with one attached hydrogen (secondary N) is 3. The van der Waals surface area contributed by atoms with Gasteiger partial charge in [0.1, 0.15) is 30.0 Å². The van der Waals surface area contributed by atoms with E-state index in [-0.39, 0.29) is 5.75 Å². The van der Waals surface area contributed by atoms with Crippen molar-refractivity contribution in [2.45, 2.75) is 6.61 Å². The van der Waals surface area contributed by atoms with Crippen LogP contribution in [-0.2, 0) is 0 Å². The summed E-state index contributed by atoms with van der Waals surface area (Å²) < 4.78 is 30.7. The van der Waals surface area contributed by atoms with E-state index in [1.54, 1.807) is 59.7 Å². The molecule has 0 bridgehead atoms. The lowest BCUT2D eigenvalue weighted by molar-refractivity contribution is -0.0497. The molecule has 0 saturated carbocycles. The first-order valence-corrected chi connectivity index (χ1v) is 9.35. The van der Waals surface area contributed by atoms with Crippen molar-refractivity contribution in [2.24, 2.45) is 0 Å². The molecule has 32 heavy (non-hydrogen) atoms. The van der Waals surface area contributed by atoms with Crippen LogP contribution in [0.4, 0.5) is 36.5 Å². The number of anilines is 4. The molecule has 0 saturated heterocycles. The summed E-state index contributed by atoms with van der Waals surface area (Å²) in [6.45, 7) is -2.94. The number of carbonyl (C=O) groups is 1. The Hall–Kier alpha value is -4.54. The fourth-order valence-corrected chi connectivity index (χ4v) is 2.78. The second-order valence-electron chi connectivity index (χ2n) is 6.42. The van der Waals surface area contributed by atoms with Crippen molar-refractivity contribution in [1.82, 2.24) is 19.5 Å². The molecule has 2 amide bonds. The highest BCUT2D eigenvalue weighted by molar-refractivity contribution is 5.99. The minimum absolute atomic E-state index is 0.0471. The minimum atomic E-state index is -2.94. The van der Waals surface area contributed by atoms with E-state index in [0.29, 0.717) is 23.0 Å². The molecule has 2 heterocycles.